The quantitative estimate of drug-likeness (QED) is 0.764. The third kappa shape index (κ3) is 4.93. The summed E-state index contributed by atoms with van der Waals surface area (Å²) in [4.78, 5) is 4.29. The number of hydrogen-bond acceptors (Lipinski definition) is 4. The van der Waals surface area contributed by atoms with E-state index in [9.17, 15) is 0 Å². The molecule has 0 atom stereocenters. The van der Waals surface area contributed by atoms with Gasteiger partial charge in [-0.15, -0.1) is 0 Å². The van der Waals surface area contributed by atoms with Crippen LogP contribution < -0.4 is 10.6 Å². The Morgan fingerprint density at radius 1 is 1.21 bits per heavy atom. The molecule has 0 fully saturated rings. The maximum atomic E-state index is 5.69. The molecule has 0 saturated heterocycles. The van der Waals surface area contributed by atoms with Gasteiger partial charge in [-0.25, -0.2) is 4.98 Å². The lowest BCUT2D eigenvalue weighted by molar-refractivity contribution is 0.484. The first-order chi connectivity index (χ1) is 9.24. The van der Waals surface area contributed by atoms with Crippen molar-refractivity contribution in [1.29, 1.82) is 0 Å². The molecule has 0 aromatic carbocycles. The van der Waals surface area contributed by atoms with Crippen LogP contribution in [0, 0.1) is 6.92 Å². The van der Waals surface area contributed by atoms with Gasteiger partial charge in [0.2, 0.25) is 0 Å². The highest BCUT2D eigenvalue weighted by atomic mass is 35.5. The summed E-state index contributed by atoms with van der Waals surface area (Å²) in [5, 5.41) is 7.01. The van der Waals surface area contributed by atoms with Gasteiger partial charge in [-0.3, -0.25) is 0 Å². The summed E-state index contributed by atoms with van der Waals surface area (Å²) in [5.41, 5.74) is 1.17. The van der Waals surface area contributed by atoms with Gasteiger partial charge >= 0.3 is 0 Å². The Kier molecular flexibility index (Phi) is 5.24. The molecule has 2 rings (SSSR count). The number of aryl methyl sites for hydroxylation is 1. The van der Waals surface area contributed by atoms with Crippen LogP contribution in [0.4, 0.5) is 5.82 Å². The normalized spacial score (nSPS) is 10.6. The molecule has 4 nitrogen and oxygen atoms in total. The second kappa shape index (κ2) is 7.16. The molecule has 19 heavy (non-hydrogen) atoms. The Balaban J connectivity index is 1.56. The smallest absolute Gasteiger partial charge is 0.193 e. The van der Waals surface area contributed by atoms with Gasteiger partial charge in [0.15, 0.2) is 5.22 Å². The van der Waals surface area contributed by atoms with E-state index in [4.69, 9.17) is 16.0 Å². The third-order valence-electron chi connectivity index (χ3n) is 2.68. The fourth-order valence-corrected chi connectivity index (χ4v) is 1.82. The topological polar surface area (TPSA) is 50.1 Å². The Labute approximate surface area is 118 Å². The van der Waals surface area contributed by atoms with Crippen LogP contribution in [0.3, 0.4) is 0 Å². The number of aromatic nitrogens is 1. The first kappa shape index (κ1) is 13.9. The van der Waals surface area contributed by atoms with Crippen LogP contribution in [0.25, 0.3) is 0 Å². The van der Waals surface area contributed by atoms with Crippen LogP contribution >= 0.6 is 11.6 Å². The summed E-state index contributed by atoms with van der Waals surface area (Å²) in [6.45, 7) is 4.54. The van der Waals surface area contributed by atoms with E-state index in [-0.39, 0.29) is 0 Å². The van der Waals surface area contributed by atoms with Gasteiger partial charge in [0.1, 0.15) is 11.6 Å². The zero-order chi connectivity index (χ0) is 13.5. The molecule has 0 saturated carbocycles. The van der Waals surface area contributed by atoms with E-state index in [1.165, 1.54) is 5.56 Å². The van der Waals surface area contributed by atoms with Crippen LogP contribution in [0.15, 0.2) is 34.9 Å². The summed E-state index contributed by atoms with van der Waals surface area (Å²) < 4.78 is 5.25. The number of halogens is 1. The summed E-state index contributed by atoms with van der Waals surface area (Å²) >= 11 is 5.69. The van der Waals surface area contributed by atoms with Crippen LogP contribution in [0.2, 0.25) is 5.22 Å². The van der Waals surface area contributed by atoms with Crippen molar-refractivity contribution in [3.05, 3.63) is 47.0 Å². The maximum absolute atomic E-state index is 5.69. The molecule has 2 N–H and O–H groups in total. The Bertz CT molecular complexity index is 496. The Morgan fingerprint density at radius 2 is 2.11 bits per heavy atom. The van der Waals surface area contributed by atoms with Crippen molar-refractivity contribution in [2.45, 2.75) is 19.9 Å². The van der Waals surface area contributed by atoms with Crippen molar-refractivity contribution < 1.29 is 4.42 Å². The molecule has 0 radical (unpaired) electrons. The van der Waals surface area contributed by atoms with E-state index in [1.807, 2.05) is 31.3 Å². The number of anilines is 1. The first-order valence-corrected chi connectivity index (χ1v) is 6.73. The van der Waals surface area contributed by atoms with E-state index < -0.39 is 0 Å². The number of hydrogen-bond donors (Lipinski definition) is 2. The van der Waals surface area contributed by atoms with Crippen molar-refractivity contribution in [2.75, 3.05) is 18.4 Å². The van der Waals surface area contributed by atoms with Gasteiger partial charge < -0.3 is 15.1 Å². The Morgan fingerprint density at radius 3 is 2.79 bits per heavy atom. The molecule has 2 aromatic heterocycles. The van der Waals surface area contributed by atoms with Crippen LogP contribution in [-0.4, -0.2) is 18.1 Å². The Hall–Kier alpha value is -1.52. The molecule has 0 bridgehead atoms. The van der Waals surface area contributed by atoms with Gasteiger partial charge in [0, 0.05) is 12.7 Å². The molecule has 2 heterocycles. The van der Waals surface area contributed by atoms with Crippen LogP contribution in [0.1, 0.15) is 17.7 Å². The number of rotatable bonds is 7. The van der Waals surface area contributed by atoms with Gasteiger partial charge in [-0.1, -0.05) is 6.07 Å². The van der Waals surface area contributed by atoms with Crippen molar-refractivity contribution >= 4 is 17.4 Å². The van der Waals surface area contributed by atoms with Crippen molar-refractivity contribution in [1.82, 2.24) is 10.3 Å². The summed E-state index contributed by atoms with van der Waals surface area (Å²) in [6.07, 6.45) is 2.88. The first-order valence-electron chi connectivity index (χ1n) is 6.35. The van der Waals surface area contributed by atoms with E-state index in [1.54, 1.807) is 6.07 Å². The molecule has 0 aliphatic rings. The van der Waals surface area contributed by atoms with Gasteiger partial charge in [-0.2, -0.15) is 0 Å². The van der Waals surface area contributed by atoms with E-state index >= 15 is 0 Å². The highest BCUT2D eigenvalue weighted by Crippen LogP contribution is 2.12. The lowest BCUT2D eigenvalue weighted by Gasteiger charge is -2.06. The predicted octanol–water partition coefficient (Wildman–Crippen LogP) is 3.23. The van der Waals surface area contributed by atoms with Crippen molar-refractivity contribution in [3.8, 4) is 0 Å². The van der Waals surface area contributed by atoms with E-state index in [0.717, 1.165) is 31.1 Å². The highest BCUT2D eigenvalue weighted by Gasteiger charge is 1.98. The molecule has 102 valence electrons. The molecular formula is C14H18ClN3O. The lowest BCUT2D eigenvalue weighted by Crippen LogP contribution is -2.17. The summed E-state index contributed by atoms with van der Waals surface area (Å²) in [6, 6.07) is 7.68. The molecule has 0 aliphatic carbocycles. The number of pyridine rings is 1. The maximum Gasteiger partial charge on any atom is 0.193 e. The molecule has 0 amide bonds. The third-order valence-corrected chi connectivity index (χ3v) is 2.88. The van der Waals surface area contributed by atoms with E-state index in [0.29, 0.717) is 11.8 Å². The lowest BCUT2D eigenvalue weighted by atomic mass is 10.3. The van der Waals surface area contributed by atoms with Crippen molar-refractivity contribution in [3.63, 3.8) is 0 Å². The summed E-state index contributed by atoms with van der Waals surface area (Å²) in [5.74, 6) is 1.78. The van der Waals surface area contributed by atoms with Gasteiger partial charge in [0.25, 0.3) is 0 Å². The number of nitrogens with zero attached hydrogens (tertiary/aromatic N) is 1. The largest absolute Gasteiger partial charge is 0.448 e. The summed E-state index contributed by atoms with van der Waals surface area (Å²) in [7, 11) is 0. The van der Waals surface area contributed by atoms with Gasteiger partial charge in [-0.05, 0) is 55.3 Å². The second-order valence-corrected chi connectivity index (χ2v) is 4.76. The highest BCUT2D eigenvalue weighted by molar-refractivity contribution is 6.28. The fourth-order valence-electron chi connectivity index (χ4n) is 1.66. The van der Waals surface area contributed by atoms with Crippen molar-refractivity contribution in [2.24, 2.45) is 0 Å². The minimum atomic E-state index is 0.434. The zero-order valence-corrected chi connectivity index (χ0v) is 11.7. The van der Waals surface area contributed by atoms with Crippen LogP contribution in [-0.2, 0) is 6.54 Å². The molecule has 0 unspecified atom stereocenters. The number of furan rings is 1. The SMILES string of the molecule is Cc1ccc(NCCCNCc2ccc(Cl)o2)nc1. The standard InChI is InChI=1S/C14H18ClN3O/c1-11-3-6-14(18-9-11)17-8-2-7-16-10-12-4-5-13(15)19-12/h3-6,9,16H,2,7-8,10H2,1H3,(H,17,18). The molecule has 5 heteroatoms. The van der Waals surface area contributed by atoms with Crippen LogP contribution in [0.5, 0.6) is 0 Å². The average Bonchev–Trinajstić information content (AvgIpc) is 2.81. The van der Waals surface area contributed by atoms with E-state index in [2.05, 4.69) is 15.6 Å². The average molecular weight is 280 g/mol. The fraction of sp³-hybridized carbons (Fsp3) is 0.357. The molecular weight excluding hydrogens is 262 g/mol. The second-order valence-electron chi connectivity index (χ2n) is 4.38. The monoisotopic (exact) mass is 279 g/mol. The van der Waals surface area contributed by atoms with Gasteiger partial charge in [0.05, 0.1) is 6.54 Å². The molecule has 2 aromatic rings. The minimum Gasteiger partial charge on any atom is -0.448 e. The molecule has 0 spiro atoms. The predicted molar refractivity (Wildman–Crippen MR) is 77.5 cm³/mol. The number of nitrogens with one attached hydrogen (secondary N) is 2. The molecule has 0 aliphatic heterocycles. The minimum absolute atomic E-state index is 0.434. The zero-order valence-electron chi connectivity index (χ0n) is 10.9.